The van der Waals surface area contributed by atoms with Gasteiger partial charge in [-0.3, -0.25) is 0 Å². The van der Waals surface area contributed by atoms with Gasteiger partial charge in [0, 0.05) is 38.1 Å². The predicted octanol–water partition coefficient (Wildman–Crippen LogP) is 2.08. The van der Waals surface area contributed by atoms with E-state index in [0.717, 1.165) is 0 Å². The summed E-state index contributed by atoms with van der Waals surface area (Å²) >= 11 is 0. The summed E-state index contributed by atoms with van der Waals surface area (Å²) in [5, 5.41) is 2.92. The van der Waals surface area contributed by atoms with Crippen LogP contribution in [-0.2, 0) is 11.8 Å². The number of nitrogens with one attached hydrogen (secondary N) is 1. The van der Waals surface area contributed by atoms with E-state index in [0.29, 0.717) is 31.1 Å². The van der Waals surface area contributed by atoms with Crippen molar-refractivity contribution in [1.82, 2.24) is 19.8 Å². The van der Waals surface area contributed by atoms with E-state index in [2.05, 4.69) is 10.3 Å². The first-order chi connectivity index (χ1) is 11.6. The quantitative estimate of drug-likeness (QED) is 0.936. The number of carbonyl (C=O) groups is 1. The van der Waals surface area contributed by atoms with Crippen molar-refractivity contribution in [1.29, 1.82) is 0 Å². The maximum Gasteiger partial charge on any atom is 0.318 e. The number of hydrogen-bond acceptors (Lipinski definition) is 3. The predicted molar refractivity (Wildman–Crippen MR) is 87.0 cm³/mol. The molecule has 1 aliphatic heterocycles. The molecule has 0 bridgehead atoms. The molecule has 1 aromatic carbocycles. The minimum atomic E-state index is -0.656. The first-order valence-corrected chi connectivity index (χ1v) is 7.95. The Hall–Kier alpha value is -2.41. The molecule has 1 N–H and O–H groups in total. The van der Waals surface area contributed by atoms with Crippen molar-refractivity contribution in [2.75, 3.05) is 19.7 Å². The second kappa shape index (κ2) is 7.00. The summed E-state index contributed by atoms with van der Waals surface area (Å²) in [5.41, 5.74) is 0.390. The molecule has 6 nitrogen and oxygen atoms in total. The van der Waals surface area contributed by atoms with Crippen LogP contribution in [0.3, 0.4) is 0 Å². The number of carbonyl (C=O) groups excluding carboxylic acids is 1. The normalized spacial score (nSPS) is 19.1. The molecule has 2 amide bonds. The molecular formula is C17H21FN4O2. The number of aryl methyl sites for hydroxylation is 1. The summed E-state index contributed by atoms with van der Waals surface area (Å²) in [5.74, 6) is 0.205. The number of nitrogens with zero attached hydrogens (tertiary/aromatic N) is 3. The number of morpholine rings is 1. The maximum atomic E-state index is 14.3. The lowest BCUT2D eigenvalue weighted by Gasteiger charge is -2.32. The molecule has 7 heteroatoms. The number of aromatic nitrogens is 2. The van der Waals surface area contributed by atoms with E-state index >= 15 is 0 Å². The molecule has 2 aromatic rings. The molecule has 1 fully saturated rings. The average molecular weight is 332 g/mol. The highest BCUT2D eigenvalue weighted by Gasteiger charge is 2.27. The van der Waals surface area contributed by atoms with Gasteiger partial charge in [0.25, 0.3) is 0 Å². The Kier molecular flexibility index (Phi) is 4.80. The summed E-state index contributed by atoms with van der Waals surface area (Å²) in [6.45, 7) is 3.45. The minimum Gasteiger partial charge on any atom is -0.375 e. The number of imidazole rings is 1. The van der Waals surface area contributed by atoms with Gasteiger partial charge < -0.3 is 19.5 Å². The molecule has 128 valence electrons. The molecule has 0 unspecified atom stereocenters. The molecule has 2 heterocycles. The number of amides is 2. The summed E-state index contributed by atoms with van der Waals surface area (Å²) in [6.07, 6.45) is 3.39. The van der Waals surface area contributed by atoms with Crippen LogP contribution in [0.5, 0.6) is 0 Å². The van der Waals surface area contributed by atoms with Crippen molar-refractivity contribution < 1.29 is 13.9 Å². The van der Waals surface area contributed by atoms with Crippen molar-refractivity contribution in [3.05, 3.63) is 53.9 Å². The number of benzene rings is 1. The molecular weight excluding hydrogens is 311 g/mol. The van der Waals surface area contributed by atoms with Gasteiger partial charge in [-0.2, -0.15) is 0 Å². The topological polar surface area (TPSA) is 59.4 Å². The van der Waals surface area contributed by atoms with Gasteiger partial charge in [0.2, 0.25) is 0 Å². The van der Waals surface area contributed by atoms with E-state index < -0.39 is 6.04 Å². The number of hydrogen-bond donors (Lipinski definition) is 1. The van der Waals surface area contributed by atoms with Crippen LogP contribution in [0.1, 0.15) is 24.4 Å². The van der Waals surface area contributed by atoms with Crippen molar-refractivity contribution in [3.8, 4) is 0 Å². The Morgan fingerprint density at radius 1 is 1.46 bits per heavy atom. The number of rotatable bonds is 3. The van der Waals surface area contributed by atoms with Crippen molar-refractivity contribution in [2.24, 2.45) is 7.05 Å². The summed E-state index contributed by atoms with van der Waals surface area (Å²) in [7, 11) is 1.82. The smallest absolute Gasteiger partial charge is 0.318 e. The highest BCUT2D eigenvalue weighted by molar-refractivity contribution is 5.75. The lowest BCUT2D eigenvalue weighted by Crippen LogP contribution is -2.50. The van der Waals surface area contributed by atoms with E-state index in [1.165, 1.54) is 6.07 Å². The van der Waals surface area contributed by atoms with Crippen molar-refractivity contribution in [2.45, 2.75) is 19.1 Å². The lowest BCUT2D eigenvalue weighted by atomic mass is 10.1. The zero-order chi connectivity index (χ0) is 17.1. The Balaban J connectivity index is 1.87. The molecule has 0 radical (unpaired) electrons. The Morgan fingerprint density at radius 3 is 2.92 bits per heavy atom. The summed E-state index contributed by atoms with van der Waals surface area (Å²) in [6, 6.07) is 5.51. The van der Waals surface area contributed by atoms with Crippen LogP contribution in [0.15, 0.2) is 36.7 Å². The fourth-order valence-corrected chi connectivity index (χ4v) is 2.86. The molecule has 0 aliphatic carbocycles. The van der Waals surface area contributed by atoms with Gasteiger partial charge in [-0.05, 0) is 13.0 Å². The van der Waals surface area contributed by atoms with Crippen molar-refractivity contribution in [3.63, 3.8) is 0 Å². The average Bonchev–Trinajstić information content (AvgIpc) is 2.99. The van der Waals surface area contributed by atoms with E-state index in [9.17, 15) is 9.18 Å². The van der Waals surface area contributed by atoms with Crippen LogP contribution >= 0.6 is 0 Å². The highest BCUT2D eigenvalue weighted by Crippen LogP contribution is 2.23. The lowest BCUT2D eigenvalue weighted by molar-refractivity contribution is -0.00377. The number of urea groups is 1. The van der Waals surface area contributed by atoms with Crippen molar-refractivity contribution >= 4 is 6.03 Å². The second-order valence-electron chi connectivity index (χ2n) is 5.93. The van der Waals surface area contributed by atoms with Gasteiger partial charge in [-0.15, -0.1) is 0 Å². The fourth-order valence-electron chi connectivity index (χ4n) is 2.86. The molecule has 24 heavy (non-hydrogen) atoms. The Morgan fingerprint density at radius 2 is 2.25 bits per heavy atom. The van der Waals surface area contributed by atoms with Crippen LogP contribution in [0.2, 0.25) is 0 Å². The van der Waals surface area contributed by atoms with Gasteiger partial charge in [0.05, 0.1) is 12.7 Å². The van der Waals surface area contributed by atoms with Gasteiger partial charge in [0.15, 0.2) is 0 Å². The molecule has 3 rings (SSSR count). The van der Waals surface area contributed by atoms with Crippen LogP contribution in [0, 0.1) is 5.82 Å². The standard InChI is InChI=1S/C17H21FN4O2/c1-12-11-22(9-10-24-12)17(23)20-15(16-19-7-8-21(16)2)13-5-3-4-6-14(13)18/h3-8,12,15H,9-11H2,1-2H3,(H,20,23)/t12-,15+/m0/s1. The van der Waals surface area contributed by atoms with Gasteiger partial charge in [-0.25, -0.2) is 14.2 Å². The summed E-state index contributed by atoms with van der Waals surface area (Å²) in [4.78, 5) is 18.6. The maximum absolute atomic E-state index is 14.3. The third-order valence-corrected chi connectivity index (χ3v) is 4.13. The van der Waals surface area contributed by atoms with Gasteiger partial charge in [-0.1, -0.05) is 18.2 Å². The van der Waals surface area contributed by atoms with Crippen LogP contribution in [0.25, 0.3) is 0 Å². The number of ether oxygens (including phenoxy) is 1. The number of halogens is 1. The molecule has 0 saturated carbocycles. The fraction of sp³-hybridized carbons (Fsp3) is 0.412. The first kappa shape index (κ1) is 16.4. The third-order valence-electron chi connectivity index (χ3n) is 4.13. The molecule has 1 aromatic heterocycles. The zero-order valence-corrected chi connectivity index (χ0v) is 13.8. The van der Waals surface area contributed by atoms with Gasteiger partial charge in [0.1, 0.15) is 17.7 Å². The first-order valence-electron chi connectivity index (χ1n) is 7.95. The highest BCUT2D eigenvalue weighted by atomic mass is 19.1. The van der Waals surface area contributed by atoms with Crippen LogP contribution in [-0.4, -0.2) is 46.3 Å². The Bertz CT molecular complexity index is 718. The van der Waals surface area contributed by atoms with E-state index in [-0.39, 0.29) is 18.0 Å². The largest absolute Gasteiger partial charge is 0.375 e. The molecule has 1 aliphatic rings. The van der Waals surface area contributed by atoms with Crippen LogP contribution < -0.4 is 5.32 Å². The van der Waals surface area contributed by atoms with Gasteiger partial charge >= 0.3 is 6.03 Å². The SMILES string of the molecule is C[C@H]1CN(C(=O)N[C@H](c2ccccc2F)c2nccn2C)CCO1. The monoisotopic (exact) mass is 332 g/mol. The third kappa shape index (κ3) is 3.41. The van der Waals surface area contributed by atoms with E-state index in [4.69, 9.17) is 4.74 Å². The van der Waals surface area contributed by atoms with Crippen LogP contribution in [0.4, 0.5) is 9.18 Å². The van der Waals surface area contributed by atoms with E-state index in [1.807, 2.05) is 14.0 Å². The van der Waals surface area contributed by atoms with E-state index in [1.54, 1.807) is 40.1 Å². The minimum absolute atomic E-state index is 0.00965. The molecule has 0 spiro atoms. The molecule has 1 saturated heterocycles. The summed E-state index contributed by atoms with van der Waals surface area (Å²) < 4.78 is 21.5. The zero-order valence-electron chi connectivity index (χ0n) is 13.8. The molecule has 2 atom stereocenters. The second-order valence-corrected chi connectivity index (χ2v) is 5.93. The Labute approximate surface area is 140 Å².